The summed E-state index contributed by atoms with van der Waals surface area (Å²) >= 11 is 0. The number of fused-ring (bicyclic) bond motifs is 1. The van der Waals surface area contributed by atoms with E-state index in [-0.39, 0.29) is 12.0 Å². The van der Waals surface area contributed by atoms with E-state index in [0.29, 0.717) is 5.82 Å². The predicted octanol–water partition coefficient (Wildman–Crippen LogP) is 3.70. The zero-order chi connectivity index (χ0) is 17.3. The molecule has 3 rings (SSSR count). The molecule has 124 valence electrons. The van der Waals surface area contributed by atoms with Gasteiger partial charge in [-0.2, -0.15) is 0 Å². The van der Waals surface area contributed by atoms with E-state index < -0.39 is 23.7 Å². The quantitative estimate of drug-likeness (QED) is 0.685. The van der Waals surface area contributed by atoms with Crippen molar-refractivity contribution in [3.8, 4) is 0 Å². The number of ether oxygens (including phenoxy) is 1. The zero-order valence-corrected chi connectivity index (χ0v) is 13.3. The Morgan fingerprint density at radius 3 is 2.75 bits per heavy atom. The van der Waals surface area contributed by atoms with Crippen LogP contribution < -0.4 is 0 Å². The molecule has 0 unspecified atom stereocenters. The number of halogens is 2. The van der Waals surface area contributed by atoms with Gasteiger partial charge in [-0.25, -0.2) is 13.8 Å². The van der Waals surface area contributed by atoms with Crippen LogP contribution in [0, 0.1) is 11.6 Å². The van der Waals surface area contributed by atoms with E-state index >= 15 is 0 Å². The molecule has 0 bridgehead atoms. The summed E-state index contributed by atoms with van der Waals surface area (Å²) in [5, 5.41) is 0. The molecule has 1 aromatic heterocycles. The molecule has 2 aromatic carbocycles. The number of aromatic nitrogens is 2. The number of hydrogen-bond donors (Lipinski definition) is 0. The van der Waals surface area contributed by atoms with Crippen LogP contribution in [0.1, 0.15) is 24.4 Å². The maximum atomic E-state index is 13.6. The van der Waals surface area contributed by atoms with Crippen molar-refractivity contribution in [3.05, 3.63) is 65.5 Å². The Morgan fingerprint density at radius 1 is 1.25 bits per heavy atom. The van der Waals surface area contributed by atoms with Crippen molar-refractivity contribution in [2.75, 3.05) is 0 Å². The summed E-state index contributed by atoms with van der Waals surface area (Å²) in [6.45, 7) is 1.70. The van der Waals surface area contributed by atoms with Gasteiger partial charge >= 0.3 is 5.97 Å². The maximum absolute atomic E-state index is 13.6. The Bertz CT molecular complexity index is 905. The predicted molar refractivity (Wildman–Crippen MR) is 85.3 cm³/mol. The molecule has 0 spiro atoms. The monoisotopic (exact) mass is 330 g/mol. The molecule has 0 saturated carbocycles. The minimum Gasteiger partial charge on any atom is -0.454 e. The van der Waals surface area contributed by atoms with Crippen LogP contribution in [0.15, 0.2) is 42.5 Å². The number of aryl methyl sites for hydroxylation is 1. The topological polar surface area (TPSA) is 44.1 Å². The van der Waals surface area contributed by atoms with Gasteiger partial charge in [-0.05, 0) is 37.3 Å². The molecule has 24 heavy (non-hydrogen) atoms. The van der Waals surface area contributed by atoms with Crippen molar-refractivity contribution in [3.63, 3.8) is 0 Å². The summed E-state index contributed by atoms with van der Waals surface area (Å²) in [4.78, 5) is 16.5. The average Bonchev–Trinajstić information content (AvgIpc) is 2.88. The van der Waals surface area contributed by atoms with Gasteiger partial charge in [0.15, 0.2) is 11.9 Å². The summed E-state index contributed by atoms with van der Waals surface area (Å²) in [5.41, 5.74) is 1.69. The third kappa shape index (κ3) is 3.13. The molecule has 1 heterocycles. The van der Waals surface area contributed by atoms with Gasteiger partial charge in [0, 0.05) is 12.6 Å². The van der Waals surface area contributed by atoms with Crippen molar-refractivity contribution >= 4 is 17.0 Å². The van der Waals surface area contributed by atoms with Crippen LogP contribution in [-0.2, 0) is 23.0 Å². The summed E-state index contributed by atoms with van der Waals surface area (Å²) < 4.78 is 33.9. The highest BCUT2D eigenvalue weighted by Gasteiger charge is 2.19. The first-order valence-corrected chi connectivity index (χ1v) is 7.50. The van der Waals surface area contributed by atoms with E-state index in [0.717, 1.165) is 29.2 Å². The van der Waals surface area contributed by atoms with Gasteiger partial charge in [-0.3, -0.25) is 4.79 Å². The molecular weight excluding hydrogens is 314 g/mol. The van der Waals surface area contributed by atoms with Crippen LogP contribution in [0.25, 0.3) is 11.0 Å². The summed E-state index contributed by atoms with van der Waals surface area (Å²) in [6, 6.07) is 10.6. The van der Waals surface area contributed by atoms with Crippen molar-refractivity contribution in [2.24, 2.45) is 7.05 Å². The zero-order valence-electron chi connectivity index (χ0n) is 13.3. The molecule has 0 aliphatic carbocycles. The lowest BCUT2D eigenvalue weighted by Crippen LogP contribution is -2.15. The fraction of sp³-hybridized carbons (Fsp3) is 0.222. The second kappa shape index (κ2) is 6.39. The smallest absolute Gasteiger partial charge is 0.311 e. The number of benzene rings is 2. The van der Waals surface area contributed by atoms with Crippen LogP contribution in [0.5, 0.6) is 0 Å². The van der Waals surface area contributed by atoms with Gasteiger partial charge in [0.25, 0.3) is 0 Å². The number of imidazole rings is 1. The first-order valence-electron chi connectivity index (χ1n) is 7.50. The van der Waals surface area contributed by atoms with Gasteiger partial charge in [0.2, 0.25) is 0 Å². The Labute approximate surface area is 137 Å². The van der Waals surface area contributed by atoms with E-state index in [1.54, 1.807) is 6.92 Å². The number of carbonyl (C=O) groups is 1. The number of esters is 1. The van der Waals surface area contributed by atoms with Crippen molar-refractivity contribution in [1.82, 2.24) is 9.55 Å². The fourth-order valence-electron chi connectivity index (χ4n) is 2.65. The highest BCUT2D eigenvalue weighted by molar-refractivity contribution is 5.76. The Hall–Kier alpha value is -2.76. The van der Waals surface area contributed by atoms with Crippen LogP contribution in [0.3, 0.4) is 0 Å². The van der Waals surface area contributed by atoms with Gasteiger partial charge in [0.05, 0.1) is 17.5 Å². The Balaban J connectivity index is 1.76. The minimum atomic E-state index is -0.640. The van der Waals surface area contributed by atoms with Crippen molar-refractivity contribution in [1.29, 1.82) is 0 Å². The Morgan fingerprint density at radius 2 is 2.00 bits per heavy atom. The Kier molecular flexibility index (Phi) is 4.29. The highest BCUT2D eigenvalue weighted by atomic mass is 19.1. The number of hydrogen-bond acceptors (Lipinski definition) is 3. The van der Waals surface area contributed by atoms with Crippen LogP contribution >= 0.6 is 0 Å². The van der Waals surface area contributed by atoms with Gasteiger partial charge < -0.3 is 9.30 Å². The third-order valence-electron chi connectivity index (χ3n) is 3.84. The molecule has 0 amide bonds. The largest absolute Gasteiger partial charge is 0.454 e. The molecule has 0 aliphatic rings. The molecule has 0 fully saturated rings. The second-order valence-electron chi connectivity index (χ2n) is 5.56. The van der Waals surface area contributed by atoms with Gasteiger partial charge in [-0.15, -0.1) is 0 Å². The SMILES string of the molecule is C[C@H](OC(=O)Cc1cc(F)ccc1F)c1nc2ccccc2n1C. The van der Waals surface area contributed by atoms with E-state index in [1.165, 1.54) is 0 Å². The molecule has 6 heteroatoms. The molecular formula is C18H16F2N2O2. The molecule has 0 N–H and O–H groups in total. The first kappa shape index (κ1) is 16.1. The van der Waals surface area contributed by atoms with E-state index in [2.05, 4.69) is 4.98 Å². The lowest BCUT2D eigenvalue weighted by atomic mass is 10.1. The summed E-state index contributed by atoms with van der Waals surface area (Å²) in [6.07, 6.45) is -0.941. The second-order valence-corrected chi connectivity index (χ2v) is 5.56. The molecule has 1 atom stereocenters. The van der Waals surface area contributed by atoms with E-state index in [4.69, 9.17) is 4.74 Å². The van der Waals surface area contributed by atoms with E-state index in [1.807, 2.05) is 35.9 Å². The fourth-order valence-corrected chi connectivity index (χ4v) is 2.65. The highest BCUT2D eigenvalue weighted by Crippen LogP contribution is 2.22. The number of nitrogens with zero attached hydrogens (tertiary/aromatic N) is 2. The lowest BCUT2D eigenvalue weighted by Gasteiger charge is -2.13. The summed E-state index contributed by atoms with van der Waals surface area (Å²) in [7, 11) is 1.83. The molecule has 0 saturated heterocycles. The normalized spacial score (nSPS) is 12.3. The third-order valence-corrected chi connectivity index (χ3v) is 3.84. The van der Waals surface area contributed by atoms with Crippen LogP contribution in [0.2, 0.25) is 0 Å². The van der Waals surface area contributed by atoms with Crippen LogP contribution in [-0.4, -0.2) is 15.5 Å². The first-order chi connectivity index (χ1) is 11.5. The van der Waals surface area contributed by atoms with Gasteiger partial charge in [-0.1, -0.05) is 12.1 Å². The average molecular weight is 330 g/mol. The minimum absolute atomic E-state index is 0.0304. The molecule has 0 aliphatic heterocycles. The number of para-hydroxylation sites is 2. The lowest BCUT2D eigenvalue weighted by molar-refractivity contribution is -0.148. The van der Waals surface area contributed by atoms with Crippen LogP contribution in [0.4, 0.5) is 8.78 Å². The van der Waals surface area contributed by atoms with Crippen molar-refractivity contribution in [2.45, 2.75) is 19.4 Å². The van der Waals surface area contributed by atoms with Gasteiger partial charge in [0.1, 0.15) is 11.6 Å². The number of rotatable bonds is 4. The van der Waals surface area contributed by atoms with E-state index in [9.17, 15) is 13.6 Å². The standard InChI is InChI=1S/C18H16F2N2O2/c1-11(18-21-15-5-3-4-6-16(15)22(18)2)24-17(23)10-12-9-13(19)7-8-14(12)20/h3-9,11H,10H2,1-2H3/t11-/m0/s1. The maximum Gasteiger partial charge on any atom is 0.311 e. The summed E-state index contributed by atoms with van der Waals surface area (Å²) in [5.74, 6) is -1.28. The molecule has 3 aromatic rings. The van der Waals surface area contributed by atoms with Crippen molar-refractivity contribution < 1.29 is 18.3 Å². The molecule has 0 radical (unpaired) electrons. The number of carbonyl (C=O) groups excluding carboxylic acids is 1. The molecule has 4 nitrogen and oxygen atoms in total.